The number of aliphatic imine (C=N–C) groups is 1. The molecule has 4 nitrogen and oxygen atoms in total. The quantitative estimate of drug-likeness (QED) is 0.499. The highest BCUT2D eigenvalue weighted by Crippen LogP contribution is 2.28. The second-order valence-corrected chi connectivity index (χ2v) is 5.62. The van der Waals surface area contributed by atoms with Gasteiger partial charge in [-0.3, -0.25) is 4.99 Å². The van der Waals surface area contributed by atoms with Crippen molar-refractivity contribution in [3.05, 3.63) is 0 Å². The number of ether oxygens (including phenoxy) is 1. The highest BCUT2D eigenvalue weighted by atomic mass is 16.5. The van der Waals surface area contributed by atoms with Crippen LogP contribution in [-0.4, -0.2) is 38.3 Å². The molecule has 112 valence electrons. The summed E-state index contributed by atoms with van der Waals surface area (Å²) in [5.41, 5.74) is 0. The number of hydrogen-bond acceptors (Lipinski definition) is 2. The molecule has 2 N–H and O–H groups in total. The molecular weight excluding hydrogens is 238 g/mol. The third-order valence-corrected chi connectivity index (χ3v) is 3.39. The molecule has 0 aliphatic heterocycles. The molecule has 0 aromatic rings. The molecular formula is C15H31N3O. The predicted octanol–water partition coefficient (Wildman–Crippen LogP) is 2.40. The largest absolute Gasteiger partial charge is 0.378 e. The molecule has 1 aliphatic rings. The van der Waals surface area contributed by atoms with Crippen molar-refractivity contribution in [2.24, 2.45) is 16.8 Å². The van der Waals surface area contributed by atoms with Crippen LogP contribution in [0.15, 0.2) is 4.99 Å². The number of rotatable bonds is 9. The van der Waals surface area contributed by atoms with Gasteiger partial charge < -0.3 is 15.4 Å². The highest BCUT2D eigenvalue weighted by Gasteiger charge is 2.20. The van der Waals surface area contributed by atoms with E-state index in [1.165, 1.54) is 12.8 Å². The fourth-order valence-corrected chi connectivity index (χ4v) is 2.02. The maximum Gasteiger partial charge on any atom is 0.191 e. The van der Waals surface area contributed by atoms with Gasteiger partial charge in [-0.25, -0.2) is 0 Å². The smallest absolute Gasteiger partial charge is 0.191 e. The van der Waals surface area contributed by atoms with Crippen molar-refractivity contribution in [2.75, 3.05) is 26.2 Å². The van der Waals surface area contributed by atoms with Crippen molar-refractivity contribution < 1.29 is 4.74 Å². The zero-order valence-electron chi connectivity index (χ0n) is 13.0. The lowest BCUT2D eigenvalue weighted by Gasteiger charge is -2.21. The van der Waals surface area contributed by atoms with Crippen molar-refractivity contribution in [1.82, 2.24) is 10.6 Å². The van der Waals surface area contributed by atoms with E-state index in [4.69, 9.17) is 4.74 Å². The van der Waals surface area contributed by atoms with Crippen LogP contribution in [0.5, 0.6) is 0 Å². The van der Waals surface area contributed by atoms with Crippen molar-refractivity contribution in [3.8, 4) is 0 Å². The fraction of sp³-hybridized carbons (Fsp3) is 0.933. The zero-order valence-corrected chi connectivity index (χ0v) is 13.0. The molecule has 1 rings (SSSR count). The molecule has 0 aromatic carbocycles. The van der Waals surface area contributed by atoms with E-state index in [1.807, 2.05) is 0 Å². The van der Waals surface area contributed by atoms with Gasteiger partial charge in [0.2, 0.25) is 0 Å². The third kappa shape index (κ3) is 7.41. The predicted molar refractivity (Wildman–Crippen MR) is 81.6 cm³/mol. The van der Waals surface area contributed by atoms with Crippen LogP contribution < -0.4 is 10.6 Å². The van der Waals surface area contributed by atoms with Crippen LogP contribution in [0.4, 0.5) is 0 Å². The van der Waals surface area contributed by atoms with Crippen LogP contribution in [0.3, 0.4) is 0 Å². The van der Waals surface area contributed by atoms with Crippen molar-refractivity contribution in [3.63, 3.8) is 0 Å². The molecule has 0 saturated heterocycles. The molecule has 0 heterocycles. The topological polar surface area (TPSA) is 45.7 Å². The molecule has 1 atom stereocenters. The summed E-state index contributed by atoms with van der Waals surface area (Å²) >= 11 is 0. The van der Waals surface area contributed by atoms with Gasteiger partial charge in [-0.1, -0.05) is 13.8 Å². The van der Waals surface area contributed by atoms with Crippen LogP contribution in [0, 0.1) is 11.8 Å². The van der Waals surface area contributed by atoms with Gasteiger partial charge in [0.25, 0.3) is 0 Å². The molecule has 1 saturated carbocycles. The van der Waals surface area contributed by atoms with E-state index in [-0.39, 0.29) is 0 Å². The fourth-order valence-electron chi connectivity index (χ4n) is 2.02. The summed E-state index contributed by atoms with van der Waals surface area (Å²) in [5.74, 6) is 2.35. The first-order valence-corrected chi connectivity index (χ1v) is 7.81. The summed E-state index contributed by atoms with van der Waals surface area (Å²) in [6.07, 6.45) is 4.06. The summed E-state index contributed by atoms with van der Waals surface area (Å²) in [6.45, 7) is 12.2. The number of guanidine groups is 1. The second-order valence-electron chi connectivity index (χ2n) is 5.62. The van der Waals surface area contributed by atoms with E-state index < -0.39 is 0 Å². The van der Waals surface area contributed by atoms with Crippen LogP contribution >= 0.6 is 0 Å². The molecule has 0 bridgehead atoms. The highest BCUT2D eigenvalue weighted by molar-refractivity contribution is 5.79. The van der Waals surface area contributed by atoms with Gasteiger partial charge in [-0.05, 0) is 44.9 Å². The van der Waals surface area contributed by atoms with Gasteiger partial charge in [0.05, 0.1) is 6.10 Å². The lowest BCUT2D eigenvalue weighted by atomic mass is 10.0. The average molecular weight is 269 g/mol. The van der Waals surface area contributed by atoms with Gasteiger partial charge in [0.1, 0.15) is 0 Å². The Kier molecular flexibility index (Phi) is 7.87. The third-order valence-electron chi connectivity index (χ3n) is 3.39. The molecule has 0 aromatic heterocycles. The number of nitrogens with zero attached hydrogens (tertiary/aromatic N) is 1. The SMILES string of the molecule is CCNC(=NCC1CC1)NCCC(OCC)C(C)C. The maximum atomic E-state index is 5.75. The van der Waals surface area contributed by atoms with E-state index in [1.54, 1.807) is 0 Å². The first kappa shape index (κ1) is 16.3. The first-order chi connectivity index (χ1) is 9.17. The van der Waals surface area contributed by atoms with E-state index >= 15 is 0 Å². The number of nitrogens with one attached hydrogen (secondary N) is 2. The molecule has 1 fully saturated rings. The van der Waals surface area contributed by atoms with Gasteiger partial charge in [-0.2, -0.15) is 0 Å². The Morgan fingerprint density at radius 1 is 1.26 bits per heavy atom. The Labute approximate surface area is 118 Å². The van der Waals surface area contributed by atoms with Crippen LogP contribution in [0.1, 0.15) is 47.0 Å². The van der Waals surface area contributed by atoms with Crippen LogP contribution in [0.2, 0.25) is 0 Å². The maximum absolute atomic E-state index is 5.75. The normalized spacial score (nSPS) is 17.6. The lowest BCUT2D eigenvalue weighted by Crippen LogP contribution is -2.39. The van der Waals surface area contributed by atoms with E-state index in [2.05, 4.69) is 43.3 Å². The summed E-state index contributed by atoms with van der Waals surface area (Å²) in [5, 5.41) is 6.71. The first-order valence-electron chi connectivity index (χ1n) is 7.81. The zero-order chi connectivity index (χ0) is 14.1. The van der Waals surface area contributed by atoms with Gasteiger partial charge >= 0.3 is 0 Å². The van der Waals surface area contributed by atoms with Gasteiger partial charge in [0, 0.05) is 26.2 Å². The molecule has 4 heteroatoms. The Morgan fingerprint density at radius 3 is 2.53 bits per heavy atom. The Balaban J connectivity index is 2.27. The molecule has 19 heavy (non-hydrogen) atoms. The molecule has 1 aliphatic carbocycles. The summed E-state index contributed by atoms with van der Waals surface area (Å²) in [6, 6.07) is 0. The minimum atomic E-state index is 0.337. The summed E-state index contributed by atoms with van der Waals surface area (Å²) < 4.78 is 5.75. The van der Waals surface area contributed by atoms with Crippen molar-refractivity contribution in [1.29, 1.82) is 0 Å². The molecule has 0 amide bonds. The van der Waals surface area contributed by atoms with E-state index in [9.17, 15) is 0 Å². The summed E-state index contributed by atoms with van der Waals surface area (Å²) in [7, 11) is 0. The monoisotopic (exact) mass is 269 g/mol. The van der Waals surface area contributed by atoms with E-state index in [0.717, 1.165) is 44.5 Å². The summed E-state index contributed by atoms with van der Waals surface area (Å²) in [4.78, 5) is 4.62. The Hall–Kier alpha value is -0.770. The molecule has 1 unspecified atom stereocenters. The van der Waals surface area contributed by atoms with Crippen molar-refractivity contribution in [2.45, 2.75) is 53.1 Å². The standard InChI is InChI=1S/C15H31N3O/c1-5-16-15(18-11-13-7-8-13)17-10-9-14(12(3)4)19-6-2/h12-14H,5-11H2,1-4H3,(H2,16,17,18). The average Bonchev–Trinajstić information content (AvgIpc) is 3.18. The van der Waals surface area contributed by atoms with Crippen LogP contribution in [-0.2, 0) is 4.74 Å². The Bertz CT molecular complexity index is 262. The second kappa shape index (κ2) is 9.18. The Morgan fingerprint density at radius 2 is 2.00 bits per heavy atom. The van der Waals surface area contributed by atoms with Gasteiger partial charge in [0.15, 0.2) is 5.96 Å². The van der Waals surface area contributed by atoms with Crippen molar-refractivity contribution >= 4 is 5.96 Å². The molecule has 0 spiro atoms. The lowest BCUT2D eigenvalue weighted by molar-refractivity contribution is 0.0258. The minimum absolute atomic E-state index is 0.337. The van der Waals surface area contributed by atoms with Crippen LogP contribution in [0.25, 0.3) is 0 Å². The minimum Gasteiger partial charge on any atom is -0.378 e. The number of hydrogen-bond donors (Lipinski definition) is 2. The van der Waals surface area contributed by atoms with Gasteiger partial charge in [-0.15, -0.1) is 0 Å². The van der Waals surface area contributed by atoms with E-state index in [0.29, 0.717) is 12.0 Å². The molecule has 0 radical (unpaired) electrons.